The molecule has 5 nitrogen and oxygen atoms in total. The highest BCUT2D eigenvalue weighted by atomic mass is 16.4. The molecule has 0 aliphatic rings. The number of quaternary nitrogens is 1. The molecule has 0 aromatic rings. The number of carbonyl (C=O) groups is 2. The number of carboxylic acids is 1. The Kier molecular flexibility index (Phi) is 15.1. The van der Waals surface area contributed by atoms with Crippen molar-refractivity contribution in [2.24, 2.45) is 0 Å². The van der Waals surface area contributed by atoms with Crippen LogP contribution in [0.25, 0.3) is 0 Å². The Morgan fingerprint density at radius 3 is 1.48 bits per heavy atom. The summed E-state index contributed by atoms with van der Waals surface area (Å²) < 4.78 is 0.119. The lowest BCUT2D eigenvalue weighted by Crippen LogP contribution is -2.74. The number of rotatable bonds is 19. The minimum absolute atomic E-state index is 0.119. The molecule has 1 atom stereocenters. The third-order valence-corrected chi connectivity index (χ3v) is 5.95. The van der Waals surface area contributed by atoms with Gasteiger partial charge < -0.3 is 14.4 Å². The minimum Gasteiger partial charge on any atom is -0.542 e. The molecule has 0 aliphatic carbocycles. The van der Waals surface area contributed by atoms with Crippen molar-refractivity contribution in [1.29, 1.82) is 0 Å². The number of nitrogens with one attached hydrogen (secondary N) is 1. The van der Waals surface area contributed by atoms with Crippen molar-refractivity contribution in [2.45, 2.75) is 122 Å². The number of nitrogens with zero attached hydrogens (tertiary/aromatic N) is 1. The molecule has 0 radical (unpaired) electrons. The van der Waals surface area contributed by atoms with Crippen molar-refractivity contribution in [3.63, 3.8) is 0 Å². The van der Waals surface area contributed by atoms with E-state index < -0.39 is 11.6 Å². The van der Waals surface area contributed by atoms with Gasteiger partial charge in [0.2, 0.25) is 11.6 Å². The van der Waals surface area contributed by atoms with E-state index in [4.69, 9.17) is 0 Å². The second-order valence-electron chi connectivity index (χ2n) is 9.45. The van der Waals surface area contributed by atoms with Gasteiger partial charge in [0, 0.05) is 12.8 Å². The summed E-state index contributed by atoms with van der Waals surface area (Å²) in [5, 5.41) is 14.6. The van der Waals surface area contributed by atoms with Crippen LogP contribution in [0, 0.1) is 0 Å². The fourth-order valence-electron chi connectivity index (χ4n) is 3.95. The van der Waals surface area contributed by atoms with Gasteiger partial charge in [0.15, 0.2) is 0 Å². The van der Waals surface area contributed by atoms with Gasteiger partial charge in [0.05, 0.1) is 21.1 Å². The molecule has 0 saturated carbocycles. The van der Waals surface area contributed by atoms with Gasteiger partial charge in [0.1, 0.15) is 5.97 Å². The van der Waals surface area contributed by atoms with Crippen LogP contribution in [0.3, 0.4) is 0 Å². The highest BCUT2D eigenvalue weighted by Crippen LogP contribution is 2.22. The molecule has 1 unspecified atom stereocenters. The molecule has 1 amide bonds. The zero-order valence-electron chi connectivity index (χ0n) is 20.0. The van der Waals surface area contributed by atoms with Crippen molar-refractivity contribution >= 4 is 11.9 Å². The van der Waals surface area contributed by atoms with E-state index in [-0.39, 0.29) is 10.4 Å². The molecule has 0 saturated heterocycles. The van der Waals surface area contributed by atoms with Crippen LogP contribution in [0.2, 0.25) is 0 Å². The Bertz CT molecular complexity index is 446. The zero-order valence-corrected chi connectivity index (χ0v) is 20.0. The number of aliphatic carboxylic acids is 1. The molecule has 172 valence electrons. The molecule has 0 aliphatic heterocycles. The van der Waals surface area contributed by atoms with E-state index in [9.17, 15) is 14.7 Å². The molecule has 0 rings (SSSR count). The van der Waals surface area contributed by atoms with E-state index in [1.54, 1.807) is 21.1 Å². The third-order valence-electron chi connectivity index (χ3n) is 5.95. The first-order valence-corrected chi connectivity index (χ1v) is 12.0. The van der Waals surface area contributed by atoms with E-state index in [0.29, 0.717) is 19.3 Å². The molecule has 0 spiro atoms. The van der Waals surface area contributed by atoms with Crippen LogP contribution in [-0.4, -0.2) is 43.2 Å². The molecule has 0 bridgehead atoms. The number of amides is 1. The molecule has 1 N–H and O–H groups in total. The monoisotopic (exact) mass is 412 g/mol. The van der Waals surface area contributed by atoms with Crippen LogP contribution >= 0.6 is 0 Å². The van der Waals surface area contributed by atoms with Gasteiger partial charge >= 0.3 is 0 Å². The van der Waals surface area contributed by atoms with Crippen LogP contribution in [0.1, 0.15) is 117 Å². The number of carboxylic acid groups (broad SMARTS) is 1. The summed E-state index contributed by atoms with van der Waals surface area (Å²) in [6.45, 7) is 4.18. The molecule has 0 heterocycles. The van der Waals surface area contributed by atoms with Gasteiger partial charge in [-0.1, -0.05) is 90.9 Å². The summed E-state index contributed by atoms with van der Waals surface area (Å²) in [4.78, 5) is 24.2. The van der Waals surface area contributed by atoms with E-state index >= 15 is 0 Å². The maximum Gasteiger partial charge on any atom is 0.224 e. The van der Waals surface area contributed by atoms with Crippen molar-refractivity contribution in [2.75, 3.05) is 21.1 Å². The largest absolute Gasteiger partial charge is 0.542 e. The van der Waals surface area contributed by atoms with Crippen LogP contribution in [0.5, 0.6) is 0 Å². The number of hydrogen-bond acceptors (Lipinski definition) is 3. The second kappa shape index (κ2) is 15.7. The summed E-state index contributed by atoms with van der Waals surface area (Å²) in [6, 6.07) is 0. The Morgan fingerprint density at radius 1 is 0.724 bits per heavy atom. The zero-order chi connectivity index (χ0) is 22.2. The van der Waals surface area contributed by atoms with Gasteiger partial charge in [-0.3, -0.25) is 10.1 Å². The summed E-state index contributed by atoms with van der Waals surface area (Å²) in [7, 11) is 5.37. The Balaban J connectivity index is 3.92. The molecule has 29 heavy (non-hydrogen) atoms. The lowest BCUT2D eigenvalue weighted by molar-refractivity contribution is -0.919. The number of hydrogen-bond donors (Lipinski definition) is 1. The minimum atomic E-state index is -1.36. The molecule has 0 fully saturated rings. The number of likely N-dealkylation sites (N-methyl/N-ethyl adjacent to an activating group) is 1. The van der Waals surface area contributed by atoms with Crippen molar-refractivity contribution in [3.8, 4) is 0 Å². The topological polar surface area (TPSA) is 69.2 Å². The van der Waals surface area contributed by atoms with Gasteiger partial charge in [-0.05, 0) is 12.8 Å². The normalized spacial score (nSPS) is 13.8. The first-order valence-electron chi connectivity index (χ1n) is 12.0. The summed E-state index contributed by atoms with van der Waals surface area (Å²) in [5.41, 5.74) is -1.36. The molecular weight excluding hydrogens is 364 g/mol. The van der Waals surface area contributed by atoms with Gasteiger partial charge in [-0.2, -0.15) is 0 Å². The molecule has 0 aromatic carbocycles. The van der Waals surface area contributed by atoms with Gasteiger partial charge in [0.25, 0.3) is 0 Å². The molecule has 5 heteroatoms. The second-order valence-corrected chi connectivity index (χ2v) is 9.45. The average Bonchev–Trinajstić information content (AvgIpc) is 2.64. The summed E-state index contributed by atoms with van der Waals surface area (Å²) in [6.07, 6.45) is 17.8. The van der Waals surface area contributed by atoms with E-state index in [0.717, 1.165) is 19.3 Å². The van der Waals surface area contributed by atoms with Crippen molar-refractivity contribution in [1.82, 2.24) is 5.32 Å². The predicted octanol–water partition coefficient (Wildman–Crippen LogP) is 4.54. The Hall–Kier alpha value is -1.10. The summed E-state index contributed by atoms with van der Waals surface area (Å²) in [5.74, 6) is -1.38. The maximum atomic E-state index is 12.4. The predicted molar refractivity (Wildman–Crippen MR) is 119 cm³/mol. The lowest BCUT2D eigenvalue weighted by atomic mass is 9.99. The van der Waals surface area contributed by atoms with E-state index in [1.165, 1.54) is 64.2 Å². The number of carbonyl (C=O) groups excluding carboxylic acids is 2. The lowest BCUT2D eigenvalue weighted by Gasteiger charge is -2.46. The Labute approximate surface area is 180 Å². The maximum absolute atomic E-state index is 12.4. The van der Waals surface area contributed by atoms with Crippen LogP contribution in [0.15, 0.2) is 0 Å². The van der Waals surface area contributed by atoms with Crippen LogP contribution < -0.4 is 10.4 Å². The van der Waals surface area contributed by atoms with E-state index in [1.807, 2.05) is 6.92 Å². The first kappa shape index (κ1) is 27.9. The standard InChI is InChI=1S/C24H48N2O3/c1-6-8-9-10-11-12-13-14-15-16-17-18-19-20-22(27)25-24(21-7-2,23(28)29)26(3,4)5/h6-21H2,1-5H3,(H-,25,27,28,29). The SMILES string of the molecule is CCCCCCCCCCCCCCCC(=O)NC(CCC)(C(=O)[O-])[N+](C)(C)C. The summed E-state index contributed by atoms with van der Waals surface area (Å²) >= 11 is 0. The van der Waals surface area contributed by atoms with Crippen LogP contribution in [0.4, 0.5) is 0 Å². The number of unbranched alkanes of at least 4 members (excludes halogenated alkanes) is 12. The smallest absolute Gasteiger partial charge is 0.224 e. The third kappa shape index (κ3) is 11.6. The van der Waals surface area contributed by atoms with Gasteiger partial charge in [-0.15, -0.1) is 0 Å². The fourth-order valence-corrected chi connectivity index (χ4v) is 3.95. The Morgan fingerprint density at radius 2 is 1.14 bits per heavy atom. The average molecular weight is 413 g/mol. The quantitative estimate of drug-likeness (QED) is 0.192. The van der Waals surface area contributed by atoms with Crippen molar-refractivity contribution in [3.05, 3.63) is 0 Å². The van der Waals surface area contributed by atoms with Crippen LogP contribution in [-0.2, 0) is 9.59 Å². The van der Waals surface area contributed by atoms with Crippen molar-refractivity contribution < 1.29 is 19.2 Å². The highest BCUT2D eigenvalue weighted by Gasteiger charge is 2.45. The molecule has 0 aromatic heterocycles. The highest BCUT2D eigenvalue weighted by molar-refractivity contribution is 5.84. The van der Waals surface area contributed by atoms with Gasteiger partial charge in [-0.25, -0.2) is 0 Å². The fraction of sp³-hybridized carbons (Fsp3) is 0.917. The first-order chi connectivity index (χ1) is 13.7. The molecular formula is C24H48N2O3. The van der Waals surface area contributed by atoms with E-state index in [2.05, 4.69) is 12.2 Å².